The Labute approximate surface area is 79.4 Å². The molecule has 0 saturated heterocycles. The Morgan fingerprint density at radius 2 is 2.00 bits per heavy atom. The number of rotatable bonds is 2. The van der Waals surface area contributed by atoms with Crippen LogP contribution in [0.2, 0.25) is 0 Å². The topological polar surface area (TPSA) is 17.8 Å². The lowest BCUT2D eigenvalue weighted by Crippen LogP contribution is -1.94. The van der Waals surface area contributed by atoms with E-state index in [4.69, 9.17) is 0 Å². The van der Waals surface area contributed by atoms with E-state index in [-0.39, 0.29) is 0 Å². The third-order valence-corrected chi connectivity index (χ3v) is 2.73. The smallest absolute Gasteiger partial charge is 0.0645 e. The Hall–Kier alpha value is -1.14. The number of aromatic nitrogens is 2. The van der Waals surface area contributed by atoms with Crippen LogP contribution < -0.4 is 5.30 Å². The number of nitrogens with zero attached hydrogens (tertiary/aromatic N) is 2. The van der Waals surface area contributed by atoms with E-state index in [9.17, 15) is 0 Å². The molecule has 0 spiro atoms. The summed E-state index contributed by atoms with van der Waals surface area (Å²) >= 11 is 0. The molecule has 0 N–H and O–H groups in total. The second-order valence-corrected chi connectivity index (χ2v) is 3.84. The summed E-state index contributed by atoms with van der Waals surface area (Å²) in [4.78, 5) is 0. The standard InChI is InChI=1S/C10H11N2P/c1-13-10-7-11-12(8-10)9-5-3-2-4-6-9/h2-8,13H,1H3. The molecule has 2 aromatic rings. The summed E-state index contributed by atoms with van der Waals surface area (Å²) in [6.07, 6.45) is 4.00. The molecule has 1 unspecified atom stereocenters. The Morgan fingerprint density at radius 1 is 1.23 bits per heavy atom. The van der Waals surface area contributed by atoms with E-state index in [1.807, 2.05) is 29.1 Å². The summed E-state index contributed by atoms with van der Waals surface area (Å²) < 4.78 is 1.91. The molecule has 0 aliphatic rings. The summed E-state index contributed by atoms with van der Waals surface area (Å²) in [5.41, 5.74) is 1.12. The molecule has 2 nitrogen and oxygen atoms in total. The molecule has 0 fully saturated rings. The van der Waals surface area contributed by atoms with Crippen LogP contribution in [0.4, 0.5) is 0 Å². The Morgan fingerprint density at radius 3 is 2.62 bits per heavy atom. The summed E-state index contributed by atoms with van der Waals surface area (Å²) in [7, 11) is 0.812. The van der Waals surface area contributed by atoms with Gasteiger partial charge in [0.05, 0.1) is 11.9 Å². The molecule has 2 rings (SSSR count). The van der Waals surface area contributed by atoms with Crippen LogP contribution in [-0.4, -0.2) is 16.4 Å². The van der Waals surface area contributed by atoms with E-state index < -0.39 is 0 Å². The van der Waals surface area contributed by atoms with E-state index in [0.717, 1.165) is 14.3 Å². The van der Waals surface area contributed by atoms with Crippen molar-refractivity contribution in [3.8, 4) is 5.69 Å². The monoisotopic (exact) mass is 190 g/mol. The molecule has 66 valence electrons. The highest BCUT2D eigenvalue weighted by Crippen LogP contribution is 2.07. The van der Waals surface area contributed by atoms with Gasteiger partial charge in [-0.05, 0) is 18.8 Å². The molecule has 0 aliphatic carbocycles. The van der Waals surface area contributed by atoms with Crippen molar-refractivity contribution in [3.63, 3.8) is 0 Å². The third kappa shape index (κ3) is 1.78. The zero-order chi connectivity index (χ0) is 9.10. The van der Waals surface area contributed by atoms with Crippen LogP contribution in [0.25, 0.3) is 5.69 Å². The fraction of sp³-hybridized carbons (Fsp3) is 0.100. The highest BCUT2D eigenvalue weighted by Gasteiger charge is 1.97. The minimum Gasteiger partial charge on any atom is -0.240 e. The molecule has 0 radical (unpaired) electrons. The van der Waals surface area contributed by atoms with Gasteiger partial charge in [0.25, 0.3) is 0 Å². The zero-order valence-corrected chi connectivity index (χ0v) is 8.44. The van der Waals surface area contributed by atoms with Gasteiger partial charge in [-0.1, -0.05) is 26.8 Å². The lowest BCUT2D eigenvalue weighted by atomic mass is 10.3. The maximum Gasteiger partial charge on any atom is 0.0645 e. The van der Waals surface area contributed by atoms with Crippen molar-refractivity contribution < 1.29 is 0 Å². The molecule has 0 saturated carbocycles. The lowest BCUT2D eigenvalue weighted by Gasteiger charge is -1.98. The lowest BCUT2D eigenvalue weighted by molar-refractivity contribution is 0.881. The summed E-state index contributed by atoms with van der Waals surface area (Å²) in [5.74, 6) is 0. The SMILES string of the molecule is CPc1cnn(-c2ccccc2)c1. The summed E-state index contributed by atoms with van der Waals surface area (Å²) in [5, 5.41) is 5.58. The highest BCUT2D eigenvalue weighted by atomic mass is 31.1. The molecule has 1 aromatic carbocycles. The van der Waals surface area contributed by atoms with Gasteiger partial charge in [0, 0.05) is 11.5 Å². The number of hydrogen-bond acceptors (Lipinski definition) is 1. The molecule has 1 aromatic heterocycles. The average Bonchev–Trinajstić information content (AvgIpc) is 2.67. The van der Waals surface area contributed by atoms with Gasteiger partial charge in [0.15, 0.2) is 0 Å². The van der Waals surface area contributed by atoms with Crippen LogP contribution in [0.15, 0.2) is 42.7 Å². The number of para-hydroxylation sites is 1. The minimum absolute atomic E-state index is 0.812. The number of benzene rings is 1. The summed E-state index contributed by atoms with van der Waals surface area (Å²) in [6.45, 7) is 2.16. The molecular formula is C10H11N2P. The van der Waals surface area contributed by atoms with Crippen molar-refractivity contribution in [3.05, 3.63) is 42.7 Å². The first-order chi connectivity index (χ1) is 6.40. The van der Waals surface area contributed by atoms with Crippen molar-refractivity contribution >= 4 is 13.9 Å². The molecule has 0 bridgehead atoms. The maximum absolute atomic E-state index is 4.28. The van der Waals surface area contributed by atoms with Crippen molar-refractivity contribution in [1.82, 2.24) is 9.78 Å². The van der Waals surface area contributed by atoms with Gasteiger partial charge in [-0.2, -0.15) is 5.10 Å². The second kappa shape index (κ2) is 3.71. The highest BCUT2D eigenvalue weighted by molar-refractivity contribution is 7.46. The van der Waals surface area contributed by atoms with Crippen LogP contribution in [0.5, 0.6) is 0 Å². The van der Waals surface area contributed by atoms with Gasteiger partial charge in [0.1, 0.15) is 0 Å². The van der Waals surface area contributed by atoms with Crippen LogP contribution in [0.1, 0.15) is 0 Å². The van der Waals surface area contributed by atoms with E-state index in [1.54, 1.807) is 0 Å². The van der Waals surface area contributed by atoms with E-state index in [2.05, 4.69) is 30.1 Å². The van der Waals surface area contributed by atoms with Crippen LogP contribution in [0.3, 0.4) is 0 Å². The molecule has 13 heavy (non-hydrogen) atoms. The van der Waals surface area contributed by atoms with Crippen molar-refractivity contribution in [2.75, 3.05) is 6.66 Å². The predicted octanol–water partition coefficient (Wildman–Crippen LogP) is 1.81. The largest absolute Gasteiger partial charge is 0.240 e. The van der Waals surface area contributed by atoms with Gasteiger partial charge < -0.3 is 0 Å². The first kappa shape index (κ1) is 8.46. The average molecular weight is 190 g/mol. The van der Waals surface area contributed by atoms with Crippen LogP contribution in [0, 0.1) is 0 Å². The van der Waals surface area contributed by atoms with Crippen LogP contribution in [-0.2, 0) is 0 Å². The molecule has 0 amide bonds. The molecule has 1 heterocycles. The Balaban J connectivity index is 2.36. The molecule has 1 atom stereocenters. The minimum atomic E-state index is 0.812. The maximum atomic E-state index is 4.28. The van der Waals surface area contributed by atoms with Gasteiger partial charge in [-0.3, -0.25) is 0 Å². The molecule has 0 aliphatic heterocycles. The second-order valence-electron chi connectivity index (χ2n) is 2.76. The first-order valence-electron chi connectivity index (χ1n) is 4.18. The van der Waals surface area contributed by atoms with Gasteiger partial charge in [-0.15, -0.1) is 0 Å². The van der Waals surface area contributed by atoms with Crippen LogP contribution >= 0.6 is 8.58 Å². The fourth-order valence-electron chi connectivity index (χ4n) is 1.17. The Bertz CT molecular complexity index is 381. The quantitative estimate of drug-likeness (QED) is 0.660. The van der Waals surface area contributed by atoms with Crippen molar-refractivity contribution in [2.24, 2.45) is 0 Å². The van der Waals surface area contributed by atoms with E-state index >= 15 is 0 Å². The van der Waals surface area contributed by atoms with Gasteiger partial charge in [-0.25, -0.2) is 4.68 Å². The molecule has 3 heteroatoms. The zero-order valence-electron chi connectivity index (χ0n) is 7.44. The van der Waals surface area contributed by atoms with E-state index in [1.165, 1.54) is 5.30 Å². The fourth-order valence-corrected chi connectivity index (χ4v) is 1.61. The van der Waals surface area contributed by atoms with Gasteiger partial charge in [0.2, 0.25) is 0 Å². The van der Waals surface area contributed by atoms with Crippen molar-refractivity contribution in [2.45, 2.75) is 0 Å². The summed E-state index contributed by atoms with van der Waals surface area (Å²) in [6, 6.07) is 10.1. The first-order valence-corrected chi connectivity index (χ1v) is 5.68. The van der Waals surface area contributed by atoms with Gasteiger partial charge >= 0.3 is 0 Å². The van der Waals surface area contributed by atoms with E-state index in [0.29, 0.717) is 0 Å². The number of hydrogen-bond donors (Lipinski definition) is 0. The predicted molar refractivity (Wildman–Crippen MR) is 57.4 cm³/mol. The molecular weight excluding hydrogens is 179 g/mol. The Kier molecular flexibility index (Phi) is 2.42. The van der Waals surface area contributed by atoms with Crippen molar-refractivity contribution in [1.29, 1.82) is 0 Å². The third-order valence-electron chi connectivity index (χ3n) is 1.89. The normalized spacial score (nSPS) is 11.2.